The van der Waals surface area contributed by atoms with Crippen LogP contribution in [0.15, 0.2) is 60.7 Å². The van der Waals surface area contributed by atoms with Gasteiger partial charge >= 0.3 is 0 Å². The molecule has 0 aliphatic carbocycles. The Morgan fingerprint density at radius 3 is 1.76 bits per heavy atom. The average molecular weight is 344 g/mol. The van der Waals surface area contributed by atoms with Crippen molar-refractivity contribution in [3.05, 3.63) is 66.2 Å². The highest BCUT2D eigenvalue weighted by atomic mass is 16.7. The molecule has 2 aliphatic heterocycles. The van der Waals surface area contributed by atoms with Gasteiger partial charge in [-0.2, -0.15) is 0 Å². The second-order valence-corrected chi connectivity index (χ2v) is 4.68. The van der Waals surface area contributed by atoms with E-state index in [1.54, 1.807) is 0 Å². The molecule has 0 saturated heterocycles. The summed E-state index contributed by atoms with van der Waals surface area (Å²) in [7, 11) is 0. The van der Waals surface area contributed by atoms with E-state index in [2.05, 4.69) is 12.6 Å². The van der Waals surface area contributed by atoms with Crippen LogP contribution >= 0.6 is 0 Å². The standard InChI is InChI=1S/C10H10O.C7H6O2.2C2H6.CH4/c1-8-6-9-4-2-3-5-10(9)11-7-8;1-2-4-7-6(3-1)8-5-9-7;2*1-2;/h2-5H,1,6-7H2;1-4H,5H2;2*1-2H3;1H4. The third-order valence-corrected chi connectivity index (χ3v) is 3.12. The molecule has 138 valence electrons. The molecule has 0 unspecified atom stereocenters. The van der Waals surface area contributed by atoms with Gasteiger partial charge in [0.1, 0.15) is 12.4 Å². The van der Waals surface area contributed by atoms with Gasteiger partial charge in [-0.15, -0.1) is 0 Å². The minimum atomic E-state index is 0. The van der Waals surface area contributed by atoms with E-state index in [4.69, 9.17) is 14.2 Å². The first kappa shape index (κ1) is 22.6. The smallest absolute Gasteiger partial charge is 0.231 e. The van der Waals surface area contributed by atoms with Gasteiger partial charge in [0.2, 0.25) is 6.79 Å². The van der Waals surface area contributed by atoms with Gasteiger partial charge in [-0.1, -0.05) is 72.0 Å². The molecule has 0 bridgehead atoms. The minimum absolute atomic E-state index is 0. The van der Waals surface area contributed by atoms with E-state index in [1.807, 2.05) is 70.2 Å². The Bertz CT molecular complexity index is 597. The molecule has 25 heavy (non-hydrogen) atoms. The highest BCUT2D eigenvalue weighted by Gasteiger charge is 2.10. The molecule has 4 rings (SSSR count). The van der Waals surface area contributed by atoms with Crippen LogP contribution in [0.5, 0.6) is 17.2 Å². The number of rotatable bonds is 0. The molecule has 2 heterocycles. The van der Waals surface area contributed by atoms with Crippen molar-refractivity contribution in [1.82, 2.24) is 0 Å². The number of benzene rings is 2. The first-order valence-corrected chi connectivity index (χ1v) is 8.55. The molecule has 0 N–H and O–H groups in total. The lowest BCUT2D eigenvalue weighted by molar-refractivity contribution is 0.174. The van der Waals surface area contributed by atoms with Gasteiger partial charge in [-0.25, -0.2) is 0 Å². The molecule has 3 nitrogen and oxygen atoms in total. The Morgan fingerprint density at radius 2 is 1.20 bits per heavy atom. The summed E-state index contributed by atoms with van der Waals surface area (Å²) in [6.07, 6.45) is 0.968. The maximum Gasteiger partial charge on any atom is 0.231 e. The predicted molar refractivity (Wildman–Crippen MR) is 107 cm³/mol. The number of fused-ring (bicyclic) bond motifs is 2. The molecular formula is C22H32O3. The SMILES string of the molecule is C.C=C1COc2ccccc2C1.CC.CC.c1ccc2c(c1)OCO2. The van der Waals surface area contributed by atoms with Gasteiger partial charge in [0.25, 0.3) is 0 Å². The van der Waals surface area contributed by atoms with Crippen LogP contribution in [-0.4, -0.2) is 13.4 Å². The molecule has 0 atom stereocenters. The minimum Gasteiger partial charge on any atom is -0.489 e. The van der Waals surface area contributed by atoms with E-state index < -0.39 is 0 Å². The second kappa shape index (κ2) is 12.9. The zero-order valence-electron chi connectivity index (χ0n) is 15.2. The van der Waals surface area contributed by atoms with Crippen LogP contribution in [-0.2, 0) is 6.42 Å². The first-order valence-electron chi connectivity index (χ1n) is 8.55. The van der Waals surface area contributed by atoms with Crippen LogP contribution in [0, 0.1) is 0 Å². The van der Waals surface area contributed by atoms with Crippen LogP contribution in [0.25, 0.3) is 0 Å². The molecule has 3 heteroatoms. The van der Waals surface area contributed by atoms with Crippen LogP contribution in [0.3, 0.4) is 0 Å². The molecule has 2 aliphatic rings. The zero-order valence-corrected chi connectivity index (χ0v) is 15.2. The summed E-state index contributed by atoms with van der Waals surface area (Å²) in [6, 6.07) is 15.7. The van der Waals surface area contributed by atoms with Gasteiger partial charge in [0, 0.05) is 6.42 Å². The summed E-state index contributed by atoms with van der Waals surface area (Å²) in [5, 5.41) is 0. The third-order valence-electron chi connectivity index (χ3n) is 3.12. The fourth-order valence-electron chi connectivity index (χ4n) is 2.14. The predicted octanol–water partition coefficient (Wildman–Crippen LogP) is 6.28. The fourth-order valence-corrected chi connectivity index (χ4v) is 2.14. The molecule has 0 spiro atoms. The van der Waals surface area contributed by atoms with Crippen LogP contribution in [0.1, 0.15) is 40.7 Å². The maximum atomic E-state index is 5.44. The third kappa shape index (κ3) is 6.92. The summed E-state index contributed by atoms with van der Waals surface area (Å²) in [5.74, 6) is 2.70. The first-order chi connectivity index (χ1) is 11.8. The van der Waals surface area contributed by atoms with E-state index in [0.717, 1.165) is 29.2 Å². The van der Waals surface area contributed by atoms with E-state index in [0.29, 0.717) is 13.4 Å². The van der Waals surface area contributed by atoms with E-state index in [-0.39, 0.29) is 7.43 Å². The van der Waals surface area contributed by atoms with E-state index in [1.165, 1.54) is 5.56 Å². The van der Waals surface area contributed by atoms with Crippen LogP contribution in [0.4, 0.5) is 0 Å². The molecule has 0 fully saturated rings. The second-order valence-electron chi connectivity index (χ2n) is 4.68. The topological polar surface area (TPSA) is 27.7 Å². The molecule has 0 radical (unpaired) electrons. The largest absolute Gasteiger partial charge is 0.489 e. The summed E-state index contributed by atoms with van der Waals surface area (Å²) in [5.41, 5.74) is 2.41. The van der Waals surface area contributed by atoms with E-state index >= 15 is 0 Å². The maximum absolute atomic E-state index is 5.44. The van der Waals surface area contributed by atoms with Gasteiger partial charge in [0.05, 0.1) is 0 Å². The number of hydrogen-bond donors (Lipinski definition) is 0. The highest BCUT2D eigenvalue weighted by molar-refractivity contribution is 5.41. The molecule has 0 aromatic heterocycles. The van der Waals surface area contributed by atoms with Crippen molar-refractivity contribution in [1.29, 1.82) is 0 Å². The lowest BCUT2D eigenvalue weighted by Gasteiger charge is -2.18. The quantitative estimate of drug-likeness (QED) is 0.526. The van der Waals surface area contributed by atoms with Gasteiger partial charge in [-0.05, 0) is 29.3 Å². The van der Waals surface area contributed by atoms with Crippen molar-refractivity contribution < 1.29 is 14.2 Å². The van der Waals surface area contributed by atoms with Crippen molar-refractivity contribution in [2.75, 3.05) is 13.4 Å². The van der Waals surface area contributed by atoms with Crippen molar-refractivity contribution in [2.45, 2.75) is 41.5 Å². The van der Waals surface area contributed by atoms with E-state index in [9.17, 15) is 0 Å². The number of hydrogen-bond acceptors (Lipinski definition) is 3. The fraction of sp³-hybridized carbons (Fsp3) is 0.364. The zero-order chi connectivity index (χ0) is 17.8. The molecule has 2 aromatic carbocycles. The monoisotopic (exact) mass is 344 g/mol. The highest BCUT2D eigenvalue weighted by Crippen LogP contribution is 2.30. The van der Waals surface area contributed by atoms with Gasteiger partial charge in [-0.3, -0.25) is 0 Å². The summed E-state index contributed by atoms with van der Waals surface area (Å²) < 4.78 is 15.6. The molecular weight excluding hydrogens is 312 g/mol. The Labute approximate surface area is 153 Å². The van der Waals surface area contributed by atoms with Crippen molar-refractivity contribution in [2.24, 2.45) is 0 Å². The normalized spacial score (nSPS) is 12.2. The van der Waals surface area contributed by atoms with Crippen LogP contribution < -0.4 is 14.2 Å². The summed E-state index contributed by atoms with van der Waals surface area (Å²) in [4.78, 5) is 0. The summed E-state index contributed by atoms with van der Waals surface area (Å²) >= 11 is 0. The Balaban J connectivity index is 0.000000377. The Hall–Kier alpha value is -2.42. The molecule has 0 amide bonds. The van der Waals surface area contributed by atoms with Crippen molar-refractivity contribution >= 4 is 0 Å². The Morgan fingerprint density at radius 1 is 0.720 bits per heavy atom. The van der Waals surface area contributed by atoms with Crippen molar-refractivity contribution in [3.63, 3.8) is 0 Å². The lowest BCUT2D eigenvalue weighted by atomic mass is 10.0. The van der Waals surface area contributed by atoms with Crippen LogP contribution in [0.2, 0.25) is 0 Å². The number of para-hydroxylation sites is 3. The number of ether oxygens (including phenoxy) is 3. The van der Waals surface area contributed by atoms with Crippen molar-refractivity contribution in [3.8, 4) is 17.2 Å². The lowest BCUT2D eigenvalue weighted by Crippen LogP contribution is -2.10. The average Bonchev–Trinajstić information content (AvgIpc) is 3.14. The molecule has 0 saturated carbocycles. The Kier molecular flexibility index (Phi) is 11.7. The molecule has 2 aromatic rings. The van der Waals surface area contributed by atoms with Gasteiger partial charge in [0.15, 0.2) is 11.5 Å². The van der Waals surface area contributed by atoms with Gasteiger partial charge < -0.3 is 14.2 Å². The summed E-state index contributed by atoms with van der Waals surface area (Å²) in [6.45, 7) is 12.9.